The van der Waals surface area contributed by atoms with Gasteiger partial charge in [0.1, 0.15) is 5.82 Å². The van der Waals surface area contributed by atoms with Gasteiger partial charge in [0.25, 0.3) is 5.89 Å². The van der Waals surface area contributed by atoms with E-state index in [-0.39, 0.29) is 28.8 Å². The van der Waals surface area contributed by atoms with E-state index in [0.717, 1.165) is 17.3 Å². The van der Waals surface area contributed by atoms with Gasteiger partial charge in [-0.15, -0.1) is 5.10 Å². The minimum absolute atomic E-state index is 0.00479. The summed E-state index contributed by atoms with van der Waals surface area (Å²) in [5, 5.41) is 10.6. The Labute approximate surface area is 189 Å². The lowest BCUT2D eigenvalue weighted by Gasteiger charge is -2.14. The van der Waals surface area contributed by atoms with Crippen molar-refractivity contribution in [1.29, 1.82) is 0 Å². The number of rotatable bonds is 8. The summed E-state index contributed by atoms with van der Waals surface area (Å²) in [6.07, 6.45) is 3.02. The Morgan fingerprint density at radius 3 is 2.58 bits per heavy atom. The van der Waals surface area contributed by atoms with Crippen LogP contribution in [-0.4, -0.2) is 28.8 Å². The first kappa shape index (κ1) is 22.3. The van der Waals surface area contributed by atoms with Crippen molar-refractivity contribution in [2.24, 2.45) is 0 Å². The van der Waals surface area contributed by atoms with Gasteiger partial charge in [-0.25, -0.2) is 13.2 Å². The molecule has 0 aliphatic heterocycles. The summed E-state index contributed by atoms with van der Waals surface area (Å²) in [6.45, 7) is 2.45. The Bertz CT molecular complexity index is 1250. The molecule has 0 radical (unpaired) electrons. The number of hydrogen-bond acceptors (Lipinski definition) is 6. The highest BCUT2D eigenvalue weighted by molar-refractivity contribution is 5.78. The summed E-state index contributed by atoms with van der Waals surface area (Å²) < 4.78 is 48.9. The van der Waals surface area contributed by atoms with Gasteiger partial charge in [0.2, 0.25) is 0 Å². The summed E-state index contributed by atoms with van der Waals surface area (Å²) >= 11 is 0. The van der Waals surface area contributed by atoms with Crippen molar-refractivity contribution < 1.29 is 17.6 Å². The normalized spacial score (nSPS) is 10.9. The predicted octanol–water partition coefficient (Wildman–Crippen LogP) is 5.53. The zero-order valence-electron chi connectivity index (χ0n) is 18.1. The van der Waals surface area contributed by atoms with Crippen LogP contribution < -0.4 is 10.2 Å². The van der Waals surface area contributed by atoms with Crippen LogP contribution in [0.4, 0.5) is 30.6 Å². The second kappa shape index (κ2) is 9.72. The van der Waals surface area contributed by atoms with E-state index < -0.39 is 17.5 Å². The van der Waals surface area contributed by atoms with Crippen LogP contribution in [0.3, 0.4) is 0 Å². The fourth-order valence-electron chi connectivity index (χ4n) is 3.27. The lowest BCUT2D eigenvalue weighted by Crippen LogP contribution is -2.20. The standard InChI is InChI=1S/C24H22F3N5O/c1-3-15-7-10-20(19(26)14-15)29-22-17(8-9-18(25)21(22)27)23-30-31-24(33-23)32(2)13-11-16-6-4-5-12-28-16/h4-10,12,14,29H,3,11,13H2,1-2H3. The van der Waals surface area contributed by atoms with Crippen LogP contribution >= 0.6 is 0 Å². The van der Waals surface area contributed by atoms with Crippen LogP contribution in [0.5, 0.6) is 0 Å². The first-order chi connectivity index (χ1) is 16.0. The number of nitrogens with zero attached hydrogens (tertiary/aromatic N) is 4. The third kappa shape index (κ3) is 4.97. The highest BCUT2D eigenvalue weighted by Crippen LogP contribution is 2.35. The average Bonchev–Trinajstić information content (AvgIpc) is 3.32. The zero-order valence-corrected chi connectivity index (χ0v) is 18.1. The number of aryl methyl sites for hydroxylation is 1. The van der Waals surface area contributed by atoms with Crippen molar-refractivity contribution in [1.82, 2.24) is 15.2 Å². The van der Waals surface area contributed by atoms with Gasteiger partial charge in [-0.2, -0.15) is 0 Å². The number of pyridine rings is 1. The second-order valence-electron chi connectivity index (χ2n) is 7.46. The molecular weight excluding hydrogens is 431 g/mol. The SMILES string of the molecule is CCc1ccc(Nc2c(-c3nnc(N(C)CCc4ccccn4)o3)ccc(F)c2F)c(F)c1. The maximum atomic E-state index is 14.7. The van der Waals surface area contributed by atoms with Crippen LogP contribution in [0, 0.1) is 17.5 Å². The molecule has 2 heterocycles. The number of aromatic nitrogens is 3. The monoisotopic (exact) mass is 453 g/mol. The average molecular weight is 453 g/mol. The molecule has 0 atom stereocenters. The minimum Gasteiger partial charge on any atom is -0.403 e. The first-order valence-electron chi connectivity index (χ1n) is 10.4. The molecule has 1 N–H and O–H groups in total. The first-order valence-corrected chi connectivity index (χ1v) is 10.4. The van der Waals surface area contributed by atoms with Crippen LogP contribution in [0.1, 0.15) is 18.2 Å². The van der Waals surface area contributed by atoms with Gasteiger partial charge < -0.3 is 14.6 Å². The minimum atomic E-state index is -1.17. The van der Waals surface area contributed by atoms with Crippen LogP contribution in [0.2, 0.25) is 0 Å². The molecule has 0 aliphatic rings. The summed E-state index contributed by atoms with van der Waals surface area (Å²) in [5.74, 6) is -2.86. The molecule has 170 valence electrons. The molecule has 2 aromatic heterocycles. The van der Waals surface area contributed by atoms with E-state index in [0.29, 0.717) is 19.4 Å². The van der Waals surface area contributed by atoms with Crippen molar-refractivity contribution in [3.63, 3.8) is 0 Å². The van der Waals surface area contributed by atoms with Crippen molar-refractivity contribution >= 4 is 17.4 Å². The third-order valence-corrected chi connectivity index (χ3v) is 5.20. The van der Waals surface area contributed by atoms with Crippen LogP contribution in [-0.2, 0) is 12.8 Å². The maximum absolute atomic E-state index is 14.7. The fourth-order valence-corrected chi connectivity index (χ4v) is 3.27. The summed E-state index contributed by atoms with van der Waals surface area (Å²) in [4.78, 5) is 6.01. The summed E-state index contributed by atoms with van der Waals surface area (Å²) in [6, 6.07) is 12.7. The zero-order chi connectivity index (χ0) is 23.4. The quantitative estimate of drug-likeness (QED) is 0.378. The largest absolute Gasteiger partial charge is 0.403 e. The van der Waals surface area contributed by atoms with E-state index in [1.807, 2.05) is 25.1 Å². The molecule has 4 rings (SSSR count). The van der Waals surface area contributed by atoms with Crippen molar-refractivity contribution in [3.05, 3.63) is 83.4 Å². The maximum Gasteiger partial charge on any atom is 0.318 e. The molecule has 33 heavy (non-hydrogen) atoms. The number of nitrogens with one attached hydrogen (secondary N) is 1. The van der Waals surface area contributed by atoms with Gasteiger partial charge in [-0.1, -0.05) is 24.2 Å². The Morgan fingerprint density at radius 2 is 1.85 bits per heavy atom. The number of anilines is 3. The molecule has 0 unspecified atom stereocenters. The number of benzene rings is 2. The fraction of sp³-hybridized carbons (Fsp3) is 0.208. The highest BCUT2D eigenvalue weighted by Gasteiger charge is 2.21. The molecule has 0 amide bonds. The number of likely N-dealkylation sites (N-methyl/N-ethyl adjacent to an activating group) is 1. The van der Waals surface area contributed by atoms with Gasteiger partial charge in [0, 0.05) is 31.9 Å². The van der Waals surface area contributed by atoms with Crippen LogP contribution in [0.15, 0.2) is 59.1 Å². The van der Waals surface area contributed by atoms with E-state index >= 15 is 0 Å². The van der Waals surface area contributed by atoms with Gasteiger partial charge in [0.15, 0.2) is 11.6 Å². The molecule has 0 fully saturated rings. The molecule has 0 bridgehead atoms. The van der Waals surface area contributed by atoms with Crippen molar-refractivity contribution in [3.8, 4) is 11.5 Å². The van der Waals surface area contributed by atoms with Gasteiger partial charge in [0.05, 0.1) is 16.9 Å². The number of halogens is 3. The lowest BCUT2D eigenvalue weighted by atomic mass is 10.1. The van der Waals surface area contributed by atoms with Gasteiger partial charge in [-0.05, 0) is 48.4 Å². The third-order valence-electron chi connectivity index (χ3n) is 5.20. The molecule has 0 saturated heterocycles. The molecule has 4 aromatic rings. The molecule has 2 aromatic carbocycles. The Hall–Kier alpha value is -3.88. The predicted molar refractivity (Wildman–Crippen MR) is 120 cm³/mol. The molecule has 0 aliphatic carbocycles. The lowest BCUT2D eigenvalue weighted by molar-refractivity contribution is 0.510. The Kier molecular flexibility index (Phi) is 6.58. The molecule has 6 nitrogen and oxygen atoms in total. The van der Waals surface area contributed by atoms with Gasteiger partial charge in [-0.3, -0.25) is 4.98 Å². The van der Waals surface area contributed by atoms with E-state index in [4.69, 9.17) is 4.42 Å². The Morgan fingerprint density at radius 1 is 1.00 bits per heavy atom. The van der Waals surface area contributed by atoms with Gasteiger partial charge >= 0.3 is 6.01 Å². The van der Waals surface area contributed by atoms with E-state index in [2.05, 4.69) is 20.5 Å². The summed E-state index contributed by atoms with van der Waals surface area (Å²) in [5.41, 5.74) is 1.53. The topological polar surface area (TPSA) is 67.1 Å². The van der Waals surface area contributed by atoms with Crippen molar-refractivity contribution in [2.45, 2.75) is 19.8 Å². The second-order valence-corrected chi connectivity index (χ2v) is 7.46. The molecule has 0 saturated carbocycles. The molecule has 9 heteroatoms. The van der Waals surface area contributed by atoms with Crippen molar-refractivity contribution in [2.75, 3.05) is 23.8 Å². The van der Waals surface area contributed by atoms with E-state index in [1.165, 1.54) is 18.2 Å². The van der Waals surface area contributed by atoms with Crippen LogP contribution in [0.25, 0.3) is 11.5 Å². The highest BCUT2D eigenvalue weighted by atomic mass is 19.2. The summed E-state index contributed by atoms with van der Waals surface area (Å²) in [7, 11) is 1.77. The van der Waals surface area contributed by atoms with E-state index in [9.17, 15) is 13.2 Å². The van der Waals surface area contributed by atoms with E-state index in [1.54, 1.807) is 24.2 Å². The number of hydrogen-bond donors (Lipinski definition) is 1. The molecule has 0 spiro atoms. The Balaban J connectivity index is 1.59. The smallest absolute Gasteiger partial charge is 0.318 e. The molecular formula is C24H22F3N5O.